The number of carbonyl (C=O) groups excluding carboxylic acids is 1. The van der Waals surface area contributed by atoms with Crippen LogP contribution in [0.15, 0.2) is 43.2 Å². The summed E-state index contributed by atoms with van der Waals surface area (Å²) < 4.78 is 5.62. The number of aromatic nitrogens is 8. The Balaban J connectivity index is 1.34. The topological polar surface area (TPSA) is 99.0 Å². The summed E-state index contributed by atoms with van der Waals surface area (Å²) in [5.41, 5.74) is 1.09. The molecule has 1 unspecified atom stereocenters. The Morgan fingerprint density at radius 2 is 2.17 bits per heavy atom. The molecule has 0 saturated carbocycles. The summed E-state index contributed by atoms with van der Waals surface area (Å²) in [6, 6.07) is 3.53. The molecule has 0 aromatic carbocycles. The second kappa shape index (κ2) is 7.12. The Morgan fingerprint density at radius 1 is 1.24 bits per heavy atom. The number of fused-ring (bicyclic) bond motifs is 1. The maximum Gasteiger partial charge on any atom is 0.274 e. The number of likely N-dealkylation sites (tertiary alicyclic amines) is 1. The van der Waals surface area contributed by atoms with Gasteiger partial charge in [0, 0.05) is 56.9 Å². The zero-order chi connectivity index (χ0) is 19.8. The van der Waals surface area contributed by atoms with E-state index in [-0.39, 0.29) is 11.8 Å². The van der Waals surface area contributed by atoms with Crippen molar-refractivity contribution in [3.05, 3.63) is 60.6 Å². The predicted molar refractivity (Wildman–Crippen MR) is 103 cm³/mol. The summed E-state index contributed by atoms with van der Waals surface area (Å²) in [7, 11) is 1.98. The van der Waals surface area contributed by atoms with Gasteiger partial charge in [0.1, 0.15) is 5.82 Å². The van der Waals surface area contributed by atoms with Crippen molar-refractivity contribution in [1.82, 2.24) is 43.8 Å². The molecular formula is C19H21N9O. The number of hydrogen-bond donors (Lipinski definition) is 0. The van der Waals surface area contributed by atoms with Crippen LogP contribution in [0.5, 0.6) is 0 Å². The normalized spacial score (nSPS) is 17.1. The maximum absolute atomic E-state index is 13.0. The van der Waals surface area contributed by atoms with Gasteiger partial charge in [-0.1, -0.05) is 0 Å². The number of nitrogens with zero attached hydrogens (tertiary/aromatic N) is 9. The van der Waals surface area contributed by atoms with E-state index in [1.807, 2.05) is 27.3 Å². The fraction of sp³-hybridized carbons (Fsp3) is 0.368. The van der Waals surface area contributed by atoms with Crippen LogP contribution in [-0.2, 0) is 13.6 Å². The minimum atomic E-state index is -0.0685. The fourth-order valence-electron chi connectivity index (χ4n) is 3.88. The largest absolute Gasteiger partial charge is 0.337 e. The molecule has 29 heavy (non-hydrogen) atoms. The molecule has 4 aromatic rings. The van der Waals surface area contributed by atoms with Crippen molar-refractivity contribution in [2.75, 3.05) is 13.1 Å². The molecule has 5 heterocycles. The first kappa shape index (κ1) is 17.5. The zero-order valence-electron chi connectivity index (χ0n) is 16.1. The van der Waals surface area contributed by atoms with Crippen molar-refractivity contribution < 1.29 is 4.79 Å². The van der Waals surface area contributed by atoms with Crippen LogP contribution >= 0.6 is 0 Å². The molecule has 5 rings (SSSR count). The first-order valence-corrected chi connectivity index (χ1v) is 9.62. The summed E-state index contributed by atoms with van der Waals surface area (Å²) in [6.45, 7) is 1.95. The van der Waals surface area contributed by atoms with Gasteiger partial charge in [0.05, 0.1) is 12.9 Å². The van der Waals surface area contributed by atoms with E-state index in [9.17, 15) is 4.79 Å². The van der Waals surface area contributed by atoms with E-state index in [2.05, 4.69) is 25.3 Å². The zero-order valence-corrected chi connectivity index (χ0v) is 16.1. The first-order valence-electron chi connectivity index (χ1n) is 9.62. The van der Waals surface area contributed by atoms with Gasteiger partial charge in [0.25, 0.3) is 5.91 Å². The summed E-state index contributed by atoms with van der Waals surface area (Å²) >= 11 is 0. The van der Waals surface area contributed by atoms with Gasteiger partial charge in [-0.2, -0.15) is 5.10 Å². The number of carbonyl (C=O) groups is 1. The average molecular weight is 391 g/mol. The van der Waals surface area contributed by atoms with Crippen LogP contribution < -0.4 is 0 Å². The van der Waals surface area contributed by atoms with E-state index in [1.165, 1.54) is 0 Å². The standard InChI is InChI=1S/C19H21N9O/c1-25-17(12-26-9-6-20-13-26)22-23-18(25)14-4-2-7-27(11-14)19(29)15-10-16-21-5-3-8-28(16)24-15/h3,5-6,8-10,13-14H,2,4,7,11-12H2,1H3. The lowest BCUT2D eigenvalue weighted by Gasteiger charge is -2.31. The van der Waals surface area contributed by atoms with E-state index in [1.54, 1.807) is 41.6 Å². The highest BCUT2D eigenvalue weighted by molar-refractivity contribution is 5.93. The second-order valence-electron chi connectivity index (χ2n) is 7.31. The number of rotatable bonds is 4. The number of amides is 1. The van der Waals surface area contributed by atoms with Gasteiger partial charge in [0.15, 0.2) is 17.2 Å². The Bertz CT molecular complexity index is 1110. The van der Waals surface area contributed by atoms with Gasteiger partial charge in [-0.25, -0.2) is 14.5 Å². The van der Waals surface area contributed by atoms with Crippen LogP contribution in [0.4, 0.5) is 0 Å². The van der Waals surface area contributed by atoms with Crippen LogP contribution in [0.3, 0.4) is 0 Å². The molecule has 1 fully saturated rings. The first-order chi connectivity index (χ1) is 14.2. The SMILES string of the molecule is Cn1c(Cn2ccnc2)nnc1C1CCCN(C(=O)c2cc3ncccn3n2)C1. The fourth-order valence-corrected chi connectivity index (χ4v) is 3.88. The molecule has 1 aliphatic heterocycles. The smallest absolute Gasteiger partial charge is 0.274 e. The average Bonchev–Trinajstić information content (AvgIpc) is 3.48. The Kier molecular flexibility index (Phi) is 4.30. The molecule has 0 radical (unpaired) electrons. The lowest BCUT2D eigenvalue weighted by atomic mass is 9.97. The molecule has 0 bridgehead atoms. The third-order valence-corrected chi connectivity index (χ3v) is 5.41. The highest BCUT2D eigenvalue weighted by Gasteiger charge is 2.30. The summed E-state index contributed by atoms with van der Waals surface area (Å²) in [6.07, 6.45) is 10.8. The van der Waals surface area contributed by atoms with Crippen LogP contribution in [0.1, 0.15) is 40.9 Å². The quantitative estimate of drug-likeness (QED) is 0.517. The molecule has 4 aromatic heterocycles. The maximum atomic E-state index is 13.0. The Morgan fingerprint density at radius 3 is 3.00 bits per heavy atom. The molecule has 10 nitrogen and oxygen atoms in total. The molecule has 1 saturated heterocycles. The molecule has 1 amide bonds. The number of imidazole rings is 1. The van der Waals surface area contributed by atoms with Gasteiger partial charge in [0.2, 0.25) is 0 Å². The van der Waals surface area contributed by atoms with E-state index in [0.717, 1.165) is 31.0 Å². The van der Waals surface area contributed by atoms with Crippen molar-refractivity contribution in [2.45, 2.75) is 25.3 Å². The lowest BCUT2D eigenvalue weighted by Crippen LogP contribution is -2.40. The molecule has 0 aliphatic carbocycles. The highest BCUT2D eigenvalue weighted by atomic mass is 16.2. The van der Waals surface area contributed by atoms with Crippen molar-refractivity contribution in [3.63, 3.8) is 0 Å². The third kappa shape index (κ3) is 3.26. The monoisotopic (exact) mass is 391 g/mol. The van der Waals surface area contributed by atoms with Crippen molar-refractivity contribution >= 4 is 11.6 Å². The molecule has 0 N–H and O–H groups in total. The van der Waals surface area contributed by atoms with Crippen LogP contribution in [-0.4, -0.2) is 62.8 Å². The number of piperidine rings is 1. The van der Waals surface area contributed by atoms with E-state index >= 15 is 0 Å². The predicted octanol–water partition coefficient (Wildman–Crippen LogP) is 1.12. The van der Waals surface area contributed by atoms with Gasteiger partial charge in [-0.15, -0.1) is 10.2 Å². The molecule has 1 aliphatic rings. The summed E-state index contributed by atoms with van der Waals surface area (Å²) in [5.74, 6) is 1.86. The van der Waals surface area contributed by atoms with Crippen molar-refractivity contribution in [2.24, 2.45) is 7.05 Å². The summed E-state index contributed by atoms with van der Waals surface area (Å²) in [4.78, 5) is 23.2. The highest BCUT2D eigenvalue weighted by Crippen LogP contribution is 2.27. The molecule has 1 atom stereocenters. The van der Waals surface area contributed by atoms with Gasteiger partial charge in [-0.3, -0.25) is 4.79 Å². The van der Waals surface area contributed by atoms with E-state index < -0.39 is 0 Å². The third-order valence-electron chi connectivity index (χ3n) is 5.41. The van der Waals surface area contributed by atoms with Crippen LogP contribution in [0.2, 0.25) is 0 Å². The van der Waals surface area contributed by atoms with Gasteiger partial charge >= 0.3 is 0 Å². The van der Waals surface area contributed by atoms with E-state index in [0.29, 0.717) is 24.4 Å². The number of hydrogen-bond acceptors (Lipinski definition) is 6. The molecule has 148 valence electrons. The van der Waals surface area contributed by atoms with Crippen molar-refractivity contribution in [3.8, 4) is 0 Å². The molecular weight excluding hydrogens is 370 g/mol. The molecule has 0 spiro atoms. The van der Waals surface area contributed by atoms with Crippen molar-refractivity contribution in [1.29, 1.82) is 0 Å². The van der Waals surface area contributed by atoms with Gasteiger partial charge < -0.3 is 14.0 Å². The van der Waals surface area contributed by atoms with Crippen LogP contribution in [0.25, 0.3) is 5.65 Å². The van der Waals surface area contributed by atoms with E-state index in [4.69, 9.17) is 0 Å². The minimum absolute atomic E-state index is 0.0685. The Labute approximate surface area is 166 Å². The molecule has 10 heteroatoms. The van der Waals surface area contributed by atoms with Crippen LogP contribution in [0, 0.1) is 0 Å². The second-order valence-corrected chi connectivity index (χ2v) is 7.31. The Hall–Kier alpha value is -3.56. The summed E-state index contributed by atoms with van der Waals surface area (Å²) in [5, 5.41) is 13.2. The lowest BCUT2D eigenvalue weighted by molar-refractivity contribution is 0.0697. The minimum Gasteiger partial charge on any atom is -0.337 e. The van der Waals surface area contributed by atoms with Gasteiger partial charge in [-0.05, 0) is 18.9 Å².